The van der Waals surface area contributed by atoms with Crippen molar-refractivity contribution in [3.63, 3.8) is 0 Å². The van der Waals surface area contributed by atoms with Crippen LogP contribution in [0.5, 0.6) is 0 Å². The number of nitrogen functional groups attached to an aromatic ring is 1. The molecular formula is C12H24N6O. The summed E-state index contributed by atoms with van der Waals surface area (Å²) in [6.07, 6.45) is 3.19. The molecule has 0 aromatic carbocycles. The second-order valence-electron chi connectivity index (χ2n) is 4.46. The summed E-state index contributed by atoms with van der Waals surface area (Å²) < 4.78 is 5.47. The molecule has 0 atom stereocenters. The van der Waals surface area contributed by atoms with Gasteiger partial charge in [-0.15, -0.1) is 0 Å². The summed E-state index contributed by atoms with van der Waals surface area (Å²) in [5.74, 6) is 1.28. The number of hydrogen-bond donors (Lipinski definition) is 2. The maximum absolute atomic E-state index is 5.63. The van der Waals surface area contributed by atoms with Crippen LogP contribution in [0.25, 0.3) is 0 Å². The van der Waals surface area contributed by atoms with Crippen molar-refractivity contribution in [3.8, 4) is 0 Å². The Morgan fingerprint density at radius 3 is 2.58 bits per heavy atom. The maximum atomic E-state index is 5.63. The van der Waals surface area contributed by atoms with Gasteiger partial charge in [-0.05, 0) is 12.8 Å². The van der Waals surface area contributed by atoms with Crippen molar-refractivity contribution in [2.75, 3.05) is 49.8 Å². The second-order valence-corrected chi connectivity index (χ2v) is 4.46. The van der Waals surface area contributed by atoms with Gasteiger partial charge in [-0.1, -0.05) is 13.3 Å². The third kappa shape index (κ3) is 6.19. The highest BCUT2D eigenvalue weighted by atomic mass is 16.5. The van der Waals surface area contributed by atoms with Crippen LogP contribution in [0.15, 0.2) is 0 Å². The zero-order valence-corrected chi connectivity index (χ0v) is 12.0. The van der Waals surface area contributed by atoms with Crippen molar-refractivity contribution >= 4 is 17.8 Å². The van der Waals surface area contributed by atoms with Crippen molar-refractivity contribution < 1.29 is 4.74 Å². The number of nitrogens with one attached hydrogen (secondary N) is 1. The molecule has 0 aliphatic carbocycles. The number of rotatable bonds is 9. The fourth-order valence-corrected chi connectivity index (χ4v) is 1.38. The smallest absolute Gasteiger partial charge is 0.231 e. The fourth-order valence-electron chi connectivity index (χ4n) is 1.38. The van der Waals surface area contributed by atoms with E-state index in [1.807, 2.05) is 14.1 Å². The molecule has 1 aromatic rings. The van der Waals surface area contributed by atoms with E-state index >= 15 is 0 Å². The van der Waals surface area contributed by atoms with Gasteiger partial charge in [0.25, 0.3) is 0 Å². The van der Waals surface area contributed by atoms with E-state index in [9.17, 15) is 0 Å². The number of ether oxygens (including phenoxy) is 1. The van der Waals surface area contributed by atoms with Gasteiger partial charge in [0.15, 0.2) is 0 Å². The van der Waals surface area contributed by atoms with Crippen LogP contribution in [0, 0.1) is 0 Å². The standard InChI is InChI=1S/C12H24N6O/c1-4-5-8-19-9-6-7-14-11-15-10(13)16-12(17-11)18(2)3/h4-9H2,1-3H3,(H3,13,14,15,16,17). The minimum atomic E-state index is 0.223. The molecule has 0 aliphatic heterocycles. The molecule has 1 heterocycles. The molecule has 0 saturated carbocycles. The molecular weight excluding hydrogens is 244 g/mol. The summed E-state index contributed by atoms with van der Waals surface area (Å²) in [5, 5.41) is 3.12. The quantitative estimate of drug-likeness (QED) is 0.649. The largest absolute Gasteiger partial charge is 0.381 e. The first-order valence-electron chi connectivity index (χ1n) is 6.64. The Kier molecular flexibility index (Phi) is 6.88. The molecule has 0 bridgehead atoms. The van der Waals surface area contributed by atoms with E-state index in [2.05, 4.69) is 27.2 Å². The van der Waals surface area contributed by atoms with Gasteiger partial charge < -0.3 is 20.7 Å². The average Bonchev–Trinajstić information content (AvgIpc) is 2.37. The van der Waals surface area contributed by atoms with Gasteiger partial charge in [0, 0.05) is 33.9 Å². The Morgan fingerprint density at radius 2 is 1.89 bits per heavy atom. The Balaban J connectivity index is 2.29. The van der Waals surface area contributed by atoms with Crippen molar-refractivity contribution in [3.05, 3.63) is 0 Å². The lowest BCUT2D eigenvalue weighted by atomic mass is 10.4. The van der Waals surface area contributed by atoms with Gasteiger partial charge >= 0.3 is 0 Å². The number of nitrogens with two attached hydrogens (primary N) is 1. The van der Waals surface area contributed by atoms with Crippen LogP contribution >= 0.6 is 0 Å². The zero-order chi connectivity index (χ0) is 14.1. The van der Waals surface area contributed by atoms with Crippen molar-refractivity contribution in [2.45, 2.75) is 26.2 Å². The van der Waals surface area contributed by atoms with Crippen LogP contribution < -0.4 is 16.0 Å². The highest BCUT2D eigenvalue weighted by molar-refractivity contribution is 5.40. The summed E-state index contributed by atoms with van der Waals surface area (Å²) in [4.78, 5) is 14.1. The predicted octanol–water partition coefficient (Wildman–Crippen LogP) is 1.14. The molecule has 7 nitrogen and oxygen atoms in total. The molecule has 1 rings (SSSR count). The van der Waals surface area contributed by atoms with E-state index in [4.69, 9.17) is 10.5 Å². The highest BCUT2D eigenvalue weighted by Crippen LogP contribution is 2.08. The van der Waals surface area contributed by atoms with E-state index < -0.39 is 0 Å². The Bertz CT molecular complexity index is 371. The molecule has 0 aliphatic rings. The van der Waals surface area contributed by atoms with Gasteiger partial charge in [-0.25, -0.2) is 0 Å². The highest BCUT2D eigenvalue weighted by Gasteiger charge is 2.05. The number of hydrogen-bond acceptors (Lipinski definition) is 7. The molecule has 3 N–H and O–H groups in total. The molecule has 0 spiro atoms. The summed E-state index contributed by atoms with van der Waals surface area (Å²) in [6, 6.07) is 0. The maximum Gasteiger partial charge on any atom is 0.231 e. The van der Waals surface area contributed by atoms with Gasteiger partial charge in [0.2, 0.25) is 17.8 Å². The number of nitrogens with zero attached hydrogens (tertiary/aromatic N) is 4. The number of anilines is 3. The van der Waals surface area contributed by atoms with E-state index in [-0.39, 0.29) is 5.95 Å². The normalized spacial score (nSPS) is 10.5. The van der Waals surface area contributed by atoms with Crippen LogP contribution in [-0.4, -0.2) is 48.8 Å². The lowest BCUT2D eigenvalue weighted by molar-refractivity contribution is 0.131. The Labute approximate surface area is 114 Å². The Morgan fingerprint density at radius 1 is 1.16 bits per heavy atom. The van der Waals surface area contributed by atoms with Crippen molar-refractivity contribution in [1.29, 1.82) is 0 Å². The van der Waals surface area contributed by atoms with Crippen LogP contribution in [0.1, 0.15) is 26.2 Å². The molecule has 0 radical (unpaired) electrons. The van der Waals surface area contributed by atoms with Gasteiger partial charge in [0.1, 0.15) is 0 Å². The average molecular weight is 268 g/mol. The summed E-state index contributed by atoms with van der Waals surface area (Å²) >= 11 is 0. The monoisotopic (exact) mass is 268 g/mol. The Hall–Kier alpha value is -1.63. The van der Waals surface area contributed by atoms with E-state index in [1.165, 1.54) is 0 Å². The molecule has 108 valence electrons. The second kappa shape index (κ2) is 8.47. The first-order valence-corrected chi connectivity index (χ1v) is 6.64. The first-order chi connectivity index (χ1) is 9.13. The lowest BCUT2D eigenvalue weighted by Gasteiger charge is -2.12. The first kappa shape index (κ1) is 15.4. The van der Waals surface area contributed by atoms with E-state index in [0.717, 1.165) is 39.0 Å². The number of aromatic nitrogens is 3. The molecule has 19 heavy (non-hydrogen) atoms. The van der Waals surface area contributed by atoms with Crippen LogP contribution in [0.2, 0.25) is 0 Å². The van der Waals surface area contributed by atoms with Gasteiger partial charge in [-0.2, -0.15) is 15.0 Å². The van der Waals surface area contributed by atoms with Crippen molar-refractivity contribution in [2.24, 2.45) is 0 Å². The fraction of sp³-hybridized carbons (Fsp3) is 0.750. The van der Waals surface area contributed by atoms with E-state index in [0.29, 0.717) is 11.9 Å². The molecule has 0 amide bonds. The van der Waals surface area contributed by atoms with Crippen molar-refractivity contribution in [1.82, 2.24) is 15.0 Å². The zero-order valence-electron chi connectivity index (χ0n) is 12.0. The van der Waals surface area contributed by atoms with Crippen LogP contribution in [0.3, 0.4) is 0 Å². The van der Waals surface area contributed by atoms with Gasteiger partial charge in [0.05, 0.1) is 0 Å². The molecule has 0 fully saturated rings. The van der Waals surface area contributed by atoms with Gasteiger partial charge in [-0.3, -0.25) is 0 Å². The third-order valence-corrected chi connectivity index (χ3v) is 2.43. The summed E-state index contributed by atoms with van der Waals surface area (Å²) in [5.41, 5.74) is 5.63. The van der Waals surface area contributed by atoms with Crippen LogP contribution in [-0.2, 0) is 4.74 Å². The summed E-state index contributed by atoms with van der Waals surface area (Å²) in [7, 11) is 3.72. The molecule has 1 aromatic heterocycles. The number of unbranched alkanes of at least 4 members (excludes halogenated alkanes) is 1. The molecule has 7 heteroatoms. The topological polar surface area (TPSA) is 89.2 Å². The molecule has 0 unspecified atom stereocenters. The minimum Gasteiger partial charge on any atom is -0.381 e. The van der Waals surface area contributed by atoms with Crippen LogP contribution in [0.4, 0.5) is 17.8 Å². The van der Waals surface area contributed by atoms with E-state index in [1.54, 1.807) is 4.90 Å². The minimum absolute atomic E-state index is 0.223. The molecule has 0 saturated heterocycles. The predicted molar refractivity (Wildman–Crippen MR) is 77.4 cm³/mol. The SMILES string of the molecule is CCCCOCCCNc1nc(N)nc(N(C)C)n1. The summed E-state index contributed by atoms with van der Waals surface area (Å²) in [6.45, 7) is 4.48. The lowest BCUT2D eigenvalue weighted by Crippen LogP contribution is -2.17. The third-order valence-electron chi connectivity index (χ3n) is 2.43.